The summed E-state index contributed by atoms with van der Waals surface area (Å²) in [5.41, 5.74) is 4.05. The Bertz CT molecular complexity index is 406. The molecular formula is C18H31NO. The minimum absolute atomic E-state index is 0.0756. The second kappa shape index (κ2) is 7.80. The smallest absolute Gasteiger partial charge is 0.0629 e. The lowest BCUT2D eigenvalue weighted by Crippen LogP contribution is -2.38. The van der Waals surface area contributed by atoms with Crippen LogP contribution >= 0.6 is 0 Å². The third-order valence-corrected chi connectivity index (χ3v) is 3.37. The van der Waals surface area contributed by atoms with E-state index in [-0.39, 0.29) is 5.60 Å². The van der Waals surface area contributed by atoms with Crippen molar-refractivity contribution in [2.24, 2.45) is 0 Å². The fraction of sp³-hybridized carbons (Fsp3) is 0.667. The average Bonchev–Trinajstić information content (AvgIpc) is 2.36. The van der Waals surface area contributed by atoms with Gasteiger partial charge in [-0.15, -0.1) is 0 Å². The normalized spacial score (nSPS) is 13.5. The Morgan fingerprint density at radius 3 is 2.50 bits per heavy atom. The molecule has 1 N–H and O–H groups in total. The minimum Gasteiger partial charge on any atom is -0.374 e. The summed E-state index contributed by atoms with van der Waals surface area (Å²) in [6.45, 7) is 14.7. The predicted molar refractivity (Wildman–Crippen MR) is 87.4 cm³/mol. The SMILES string of the molecule is CCCNC(COC(C)(C)C)Cc1cc(C)ccc1C. The number of benzene rings is 1. The van der Waals surface area contributed by atoms with Crippen LogP contribution < -0.4 is 5.32 Å². The Hall–Kier alpha value is -0.860. The van der Waals surface area contributed by atoms with Crippen LogP contribution in [-0.2, 0) is 11.2 Å². The van der Waals surface area contributed by atoms with E-state index in [1.165, 1.54) is 16.7 Å². The summed E-state index contributed by atoms with van der Waals surface area (Å²) in [4.78, 5) is 0. The Labute approximate surface area is 124 Å². The molecule has 0 aliphatic carbocycles. The highest BCUT2D eigenvalue weighted by atomic mass is 16.5. The molecule has 20 heavy (non-hydrogen) atoms. The largest absolute Gasteiger partial charge is 0.374 e. The van der Waals surface area contributed by atoms with Crippen molar-refractivity contribution in [3.05, 3.63) is 34.9 Å². The Kier molecular flexibility index (Phi) is 6.70. The molecule has 0 radical (unpaired) electrons. The average molecular weight is 277 g/mol. The quantitative estimate of drug-likeness (QED) is 0.812. The van der Waals surface area contributed by atoms with Gasteiger partial charge in [0.05, 0.1) is 12.2 Å². The number of rotatable bonds is 7. The Balaban J connectivity index is 2.70. The first-order valence-corrected chi connectivity index (χ1v) is 7.75. The predicted octanol–water partition coefficient (Wildman–Crippen LogP) is 4.03. The molecular weight excluding hydrogens is 246 g/mol. The van der Waals surface area contributed by atoms with Gasteiger partial charge in [-0.05, 0) is 65.1 Å². The summed E-state index contributed by atoms with van der Waals surface area (Å²) in [5.74, 6) is 0. The summed E-state index contributed by atoms with van der Waals surface area (Å²) in [6.07, 6.45) is 2.18. The topological polar surface area (TPSA) is 21.3 Å². The maximum absolute atomic E-state index is 5.97. The lowest BCUT2D eigenvalue weighted by molar-refractivity contribution is -0.0143. The monoisotopic (exact) mass is 277 g/mol. The van der Waals surface area contributed by atoms with Gasteiger partial charge in [-0.2, -0.15) is 0 Å². The van der Waals surface area contributed by atoms with Crippen molar-refractivity contribution in [2.45, 2.75) is 66.0 Å². The zero-order chi connectivity index (χ0) is 15.2. The van der Waals surface area contributed by atoms with Crippen LogP contribution in [0.3, 0.4) is 0 Å². The molecule has 0 heterocycles. The van der Waals surface area contributed by atoms with Crippen LogP contribution in [0.5, 0.6) is 0 Å². The molecule has 2 heteroatoms. The standard InChI is InChI=1S/C18H31NO/c1-7-10-19-17(13-20-18(4,5)6)12-16-11-14(2)8-9-15(16)3/h8-9,11,17,19H,7,10,12-13H2,1-6H3. The zero-order valence-corrected chi connectivity index (χ0v) is 14.0. The van der Waals surface area contributed by atoms with E-state index in [4.69, 9.17) is 4.74 Å². The van der Waals surface area contributed by atoms with E-state index in [0.29, 0.717) is 6.04 Å². The summed E-state index contributed by atoms with van der Waals surface area (Å²) in [5, 5.41) is 3.61. The third kappa shape index (κ3) is 6.53. The van der Waals surface area contributed by atoms with Crippen LogP contribution in [0, 0.1) is 13.8 Å². The van der Waals surface area contributed by atoms with Gasteiger partial charge in [0, 0.05) is 6.04 Å². The highest BCUT2D eigenvalue weighted by Crippen LogP contribution is 2.15. The molecule has 114 valence electrons. The molecule has 0 fully saturated rings. The number of hydrogen-bond donors (Lipinski definition) is 1. The van der Waals surface area contributed by atoms with Crippen LogP contribution in [-0.4, -0.2) is 24.8 Å². The summed E-state index contributed by atoms with van der Waals surface area (Å²) in [6, 6.07) is 7.08. The minimum atomic E-state index is -0.0756. The number of aryl methyl sites for hydroxylation is 2. The first-order chi connectivity index (χ1) is 9.31. The molecule has 1 aromatic carbocycles. The van der Waals surface area contributed by atoms with E-state index in [1.54, 1.807) is 0 Å². The van der Waals surface area contributed by atoms with Gasteiger partial charge in [0.2, 0.25) is 0 Å². The van der Waals surface area contributed by atoms with E-state index in [9.17, 15) is 0 Å². The highest BCUT2D eigenvalue weighted by Gasteiger charge is 2.16. The molecule has 1 unspecified atom stereocenters. The lowest BCUT2D eigenvalue weighted by atomic mass is 9.99. The molecule has 0 spiro atoms. The van der Waals surface area contributed by atoms with Gasteiger partial charge in [0.1, 0.15) is 0 Å². The molecule has 0 aliphatic rings. The second-order valence-electron chi connectivity index (χ2n) is 6.71. The van der Waals surface area contributed by atoms with Crippen LogP contribution in [0.15, 0.2) is 18.2 Å². The Morgan fingerprint density at radius 2 is 1.90 bits per heavy atom. The van der Waals surface area contributed by atoms with Crippen molar-refractivity contribution in [2.75, 3.05) is 13.2 Å². The van der Waals surface area contributed by atoms with E-state index < -0.39 is 0 Å². The van der Waals surface area contributed by atoms with Gasteiger partial charge >= 0.3 is 0 Å². The van der Waals surface area contributed by atoms with Gasteiger partial charge in [-0.3, -0.25) is 0 Å². The summed E-state index contributed by atoms with van der Waals surface area (Å²) in [7, 11) is 0. The second-order valence-corrected chi connectivity index (χ2v) is 6.71. The summed E-state index contributed by atoms with van der Waals surface area (Å²) >= 11 is 0. The van der Waals surface area contributed by atoms with Crippen LogP contribution in [0.1, 0.15) is 50.8 Å². The van der Waals surface area contributed by atoms with Crippen molar-refractivity contribution >= 4 is 0 Å². The highest BCUT2D eigenvalue weighted by molar-refractivity contribution is 5.31. The zero-order valence-electron chi connectivity index (χ0n) is 14.0. The van der Waals surface area contributed by atoms with Crippen molar-refractivity contribution in [3.8, 4) is 0 Å². The third-order valence-electron chi connectivity index (χ3n) is 3.37. The van der Waals surface area contributed by atoms with E-state index in [0.717, 1.165) is 26.0 Å². The van der Waals surface area contributed by atoms with E-state index >= 15 is 0 Å². The molecule has 1 rings (SSSR count). The van der Waals surface area contributed by atoms with Gasteiger partial charge < -0.3 is 10.1 Å². The fourth-order valence-electron chi connectivity index (χ4n) is 2.17. The molecule has 2 nitrogen and oxygen atoms in total. The number of hydrogen-bond acceptors (Lipinski definition) is 2. The molecule has 0 aliphatic heterocycles. The fourth-order valence-corrected chi connectivity index (χ4v) is 2.17. The van der Waals surface area contributed by atoms with E-state index in [2.05, 4.69) is 65.1 Å². The van der Waals surface area contributed by atoms with Gasteiger partial charge in [0.15, 0.2) is 0 Å². The molecule has 0 amide bonds. The summed E-state index contributed by atoms with van der Waals surface area (Å²) < 4.78 is 5.97. The maximum atomic E-state index is 5.97. The van der Waals surface area contributed by atoms with Gasteiger partial charge in [0.25, 0.3) is 0 Å². The Morgan fingerprint density at radius 1 is 1.20 bits per heavy atom. The number of nitrogens with one attached hydrogen (secondary N) is 1. The number of ether oxygens (including phenoxy) is 1. The molecule has 0 saturated heterocycles. The first-order valence-electron chi connectivity index (χ1n) is 7.75. The van der Waals surface area contributed by atoms with Crippen molar-refractivity contribution in [1.82, 2.24) is 5.32 Å². The van der Waals surface area contributed by atoms with Crippen LogP contribution in [0.25, 0.3) is 0 Å². The maximum Gasteiger partial charge on any atom is 0.0629 e. The molecule has 1 atom stereocenters. The molecule has 0 aromatic heterocycles. The molecule has 0 saturated carbocycles. The van der Waals surface area contributed by atoms with E-state index in [1.807, 2.05) is 0 Å². The van der Waals surface area contributed by atoms with Crippen LogP contribution in [0.4, 0.5) is 0 Å². The van der Waals surface area contributed by atoms with Crippen molar-refractivity contribution in [3.63, 3.8) is 0 Å². The van der Waals surface area contributed by atoms with Crippen molar-refractivity contribution in [1.29, 1.82) is 0 Å². The van der Waals surface area contributed by atoms with Gasteiger partial charge in [-0.25, -0.2) is 0 Å². The van der Waals surface area contributed by atoms with Crippen molar-refractivity contribution < 1.29 is 4.74 Å². The van der Waals surface area contributed by atoms with Gasteiger partial charge in [-0.1, -0.05) is 30.7 Å². The van der Waals surface area contributed by atoms with Crippen LogP contribution in [0.2, 0.25) is 0 Å². The lowest BCUT2D eigenvalue weighted by Gasteiger charge is -2.26. The first kappa shape index (κ1) is 17.2. The molecule has 1 aromatic rings. The molecule has 0 bridgehead atoms.